The summed E-state index contributed by atoms with van der Waals surface area (Å²) in [5.74, 6) is -1.11. The second-order valence-electron chi connectivity index (χ2n) is 7.30. The quantitative estimate of drug-likeness (QED) is 0.355. The van der Waals surface area contributed by atoms with Crippen LogP contribution in [0.1, 0.15) is 24.2 Å². The van der Waals surface area contributed by atoms with Gasteiger partial charge in [0.25, 0.3) is 5.91 Å². The summed E-state index contributed by atoms with van der Waals surface area (Å²) in [4.78, 5) is 17.3. The standard InChI is InChI=1S/C21H23N5O3S/c1-13(2)12-30(28,29)26-15-8-9-18-16(10-15)17(20(27)25-21(22)23)11-19(24-18)14-6-4-3-5-7-14/h3-11,13,26H,12H2,1-2H3,(H4,22,23,25,27). The van der Waals surface area contributed by atoms with Gasteiger partial charge in [-0.05, 0) is 30.2 Å². The Morgan fingerprint density at radius 2 is 1.83 bits per heavy atom. The molecule has 0 spiro atoms. The van der Waals surface area contributed by atoms with Crippen molar-refractivity contribution in [2.45, 2.75) is 13.8 Å². The summed E-state index contributed by atoms with van der Waals surface area (Å²) in [6.07, 6.45) is 0. The van der Waals surface area contributed by atoms with Gasteiger partial charge in [0.15, 0.2) is 5.96 Å². The monoisotopic (exact) mass is 425 g/mol. The Morgan fingerprint density at radius 1 is 1.13 bits per heavy atom. The third-order valence-corrected chi connectivity index (χ3v) is 5.85. The second-order valence-corrected chi connectivity index (χ2v) is 9.07. The lowest BCUT2D eigenvalue weighted by atomic mass is 10.0. The van der Waals surface area contributed by atoms with Crippen molar-refractivity contribution in [1.29, 1.82) is 5.41 Å². The maximum absolute atomic E-state index is 12.7. The highest BCUT2D eigenvalue weighted by Gasteiger charge is 2.17. The summed E-state index contributed by atoms with van der Waals surface area (Å²) in [7, 11) is -3.53. The van der Waals surface area contributed by atoms with Crippen LogP contribution in [-0.2, 0) is 10.0 Å². The molecule has 3 aromatic rings. The maximum atomic E-state index is 12.7. The Kier molecular flexibility index (Phi) is 6.02. The van der Waals surface area contributed by atoms with Crippen LogP contribution in [0, 0.1) is 11.3 Å². The lowest BCUT2D eigenvalue weighted by Gasteiger charge is -2.13. The molecular formula is C21H23N5O3S. The molecule has 0 saturated carbocycles. The van der Waals surface area contributed by atoms with E-state index in [2.05, 4.69) is 15.0 Å². The van der Waals surface area contributed by atoms with Gasteiger partial charge >= 0.3 is 0 Å². The van der Waals surface area contributed by atoms with Crippen LogP contribution in [0.15, 0.2) is 54.6 Å². The van der Waals surface area contributed by atoms with E-state index in [1.165, 1.54) is 0 Å². The van der Waals surface area contributed by atoms with Crippen LogP contribution in [0.3, 0.4) is 0 Å². The number of pyridine rings is 1. The number of benzene rings is 2. The first-order valence-electron chi connectivity index (χ1n) is 9.31. The van der Waals surface area contributed by atoms with Gasteiger partial charge < -0.3 is 5.73 Å². The van der Waals surface area contributed by atoms with Crippen LogP contribution >= 0.6 is 0 Å². The summed E-state index contributed by atoms with van der Waals surface area (Å²) >= 11 is 0. The Balaban J connectivity index is 2.13. The molecule has 30 heavy (non-hydrogen) atoms. The number of aromatic nitrogens is 1. The zero-order chi connectivity index (χ0) is 21.9. The molecule has 0 aliphatic carbocycles. The van der Waals surface area contributed by atoms with Gasteiger partial charge in [0.2, 0.25) is 10.0 Å². The molecule has 8 nitrogen and oxygen atoms in total. The molecule has 9 heteroatoms. The molecule has 156 valence electrons. The molecule has 0 bridgehead atoms. The fourth-order valence-corrected chi connectivity index (χ4v) is 4.53. The molecule has 2 aromatic carbocycles. The van der Waals surface area contributed by atoms with Crippen molar-refractivity contribution in [2.24, 2.45) is 11.7 Å². The Morgan fingerprint density at radius 3 is 2.47 bits per heavy atom. The van der Waals surface area contributed by atoms with Crippen molar-refractivity contribution in [3.05, 3.63) is 60.2 Å². The number of fused-ring (bicyclic) bond motifs is 1. The fourth-order valence-electron chi connectivity index (χ4n) is 3.08. The number of nitrogens with one attached hydrogen (secondary N) is 3. The first-order valence-corrected chi connectivity index (χ1v) is 11.0. The number of hydrogen-bond donors (Lipinski definition) is 4. The van der Waals surface area contributed by atoms with Gasteiger partial charge in [-0.2, -0.15) is 0 Å². The molecule has 0 aliphatic heterocycles. The van der Waals surface area contributed by atoms with E-state index in [0.29, 0.717) is 22.3 Å². The average Bonchev–Trinajstić information content (AvgIpc) is 2.66. The minimum Gasteiger partial charge on any atom is -0.370 e. The van der Waals surface area contributed by atoms with Gasteiger partial charge in [0.05, 0.1) is 22.5 Å². The minimum absolute atomic E-state index is 0.0199. The second kappa shape index (κ2) is 8.50. The number of rotatable bonds is 6. The molecule has 0 saturated heterocycles. The minimum atomic E-state index is -3.53. The Labute approximate surface area is 175 Å². The highest BCUT2D eigenvalue weighted by molar-refractivity contribution is 7.92. The third-order valence-electron chi connectivity index (χ3n) is 4.20. The van der Waals surface area contributed by atoms with Crippen LogP contribution in [0.5, 0.6) is 0 Å². The zero-order valence-electron chi connectivity index (χ0n) is 16.6. The van der Waals surface area contributed by atoms with E-state index in [-0.39, 0.29) is 17.2 Å². The van der Waals surface area contributed by atoms with Crippen molar-refractivity contribution in [3.63, 3.8) is 0 Å². The van der Waals surface area contributed by atoms with Crippen molar-refractivity contribution in [2.75, 3.05) is 10.5 Å². The topological polar surface area (TPSA) is 138 Å². The van der Waals surface area contributed by atoms with Crippen LogP contribution in [0.25, 0.3) is 22.2 Å². The van der Waals surface area contributed by atoms with E-state index >= 15 is 0 Å². The molecule has 3 rings (SSSR count). The highest BCUT2D eigenvalue weighted by atomic mass is 32.2. The Bertz CT molecular complexity index is 1210. The van der Waals surface area contributed by atoms with Gasteiger partial charge in [-0.25, -0.2) is 13.4 Å². The van der Waals surface area contributed by atoms with E-state index in [1.807, 2.05) is 44.2 Å². The number of carbonyl (C=O) groups excluding carboxylic acids is 1. The summed E-state index contributed by atoms with van der Waals surface area (Å²) in [6.45, 7) is 3.64. The predicted molar refractivity (Wildman–Crippen MR) is 119 cm³/mol. The number of guanidine groups is 1. The van der Waals surface area contributed by atoms with Crippen molar-refractivity contribution in [1.82, 2.24) is 10.3 Å². The van der Waals surface area contributed by atoms with E-state index in [4.69, 9.17) is 11.1 Å². The van der Waals surface area contributed by atoms with Crippen LogP contribution in [0.2, 0.25) is 0 Å². The summed E-state index contributed by atoms with van der Waals surface area (Å²) in [5.41, 5.74) is 7.79. The Hall–Kier alpha value is -3.46. The lowest BCUT2D eigenvalue weighted by molar-refractivity contribution is 0.0978. The molecule has 0 unspecified atom stereocenters. The van der Waals surface area contributed by atoms with Gasteiger partial charge in [0, 0.05) is 16.6 Å². The molecule has 0 atom stereocenters. The number of sulfonamides is 1. The van der Waals surface area contributed by atoms with Crippen molar-refractivity contribution >= 4 is 38.5 Å². The fraction of sp³-hybridized carbons (Fsp3) is 0.190. The SMILES string of the molecule is CC(C)CS(=O)(=O)Nc1ccc2nc(-c3ccccc3)cc(C(=O)NC(=N)N)c2c1. The molecule has 1 heterocycles. The number of nitrogens with zero attached hydrogens (tertiary/aromatic N) is 1. The molecule has 0 radical (unpaired) electrons. The summed E-state index contributed by atoms with van der Waals surface area (Å²) in [5, 5.41) is 10.1. The summed E-state index contributed by atoms with van der Waals surface area (Å²) < 4.78 is 27.1. The van der Waals surface area contributed by atoms with Gasteiger partial charge in [-0.15, -0.1) is 0 Å². The van der Waals surface area contributed by atoms with Gasteiger partial charge in [-0.3, -0.25) is 20.2 Å². The third kappa shape index (κ3) is 5.12. The number of nitrogens with two attached hydrogens (primary N) is 1. The summed E-state index contributed by atoms with van der Waals surface area (Å²) in [6, 6.07) is 15.8. The normalized spacial score (nSPS) is 11.4. The number of hydrogen-bond acceptors (Lipinski definition) is 5. The number of amides is 1. The molecule has 0 aliphatic rings. The first kappa shape index (κ1) is 21.3. The van der Waals surface area contributed by atoms with Crippen molar-refractivity contribution < 1.29 is 13.2 Å². The lowest BCUT2D eigenvalue weighted by Crippen LogP contribution is -2.35. The number of carbonyl (C=O) groups is 1. The largest absolute Gasteiger partial charge is 0.370 e. The molecule has 1 aromatic heterocycles. The van der Waals surface area contributed by atoms with Gasteiger partial charge in [-0.1, -0.05) is 44.2 Å². The van der Waals surface area contributed by atoms with Crippen LogP contribution in [-0.4, -0.2) is 31.0 Å². The smallest absolute Gasteiger partial charge is 0.258 e. The first-order chi connectivity index (χ1) is 14.1. The molecule has 1 amide bonds. The zero-order valence-corrected chi connectivity index (χ0v) is 17.5. The molecule has 5 N–H and O–H groups in total. The maximum Gasteiger partial charge on any atom is 0.258 e. The van der Waals surface area contributed by atoms with Crippen LogP contribution in [0.4, 0.5) is 5.69 Å². The molecule has 0 fully saturated rings. The highest BCUT2D eigenvalue weighted by Crippen LogP contribution is 2.27. The van der Waals surface area contributed by atoms with Gasteiger partial charge in [0.1, 0.15) is 0 Å². The van der Waals surface area contributed by atoms with E-state index in [0.717, 1.165) is 5.56 Å². The van der Waals surface area contributed by atoms with Crippen molar-refractivity contribution in [3.8, 4) is 11.3 Å². The van der Waals surface area contributed by atoms with Crippen LogP contribution < -0.4 is 15.8 Å². The molecular weight excluding hydrogens is 402 g/mol. The van der Waals surface area contributed by atoms with E-state index in [9.17, 15) is 13.2 Å². The van der Waals surface area contributed by atoms with E-state index in [1.54, 1.807) is 24.3 Å². The predicted octanol–water partition coefficient (Wildman–Crippen LogP) is 2.92. The number of anilines is 1. The van der Waals surface area contributed by atoms with E-state index < -0.39 is 21.9 Å². The average molecular weight is 426 g/mol.